The lowest BCUT2D eigenvalue weighted by Gasteiger charge is -2.16. The number of nitriles is 1. The third-order valence-corrected chi connectivity index (χ3v) is 1.14. The van der Waals surface area contributed by atoms with Crippen LogP contribution in [0.5, 0.6) is 0 Å². The molecule has 0 saturated carbocycles. The Kier molecular flexibility index (Phi) is 1.19. The van der Waals surface area contributed by atoms with Gasteiger partial charge < -0.3 is 5.11 Å². The molecule has 1 rings (SSSR count). The molecule has 1 aliphatic heterocycles. The van der Waals surface area contributed by atoms with Crippen LogP contribution in [0.4, 0.5) is 0 Å². The van der Waals surface area contributed by atoms with Gasteiger partial charge in [-0.2, -0.15) is 5.26 Å². The quantitative estimate of drug-likeness (QED) is 0.464. The number of hydrogen-bond donors (Lipinski definition) is 1. The molecule has 4 heteroatoms. The Balaban J connectivity index is 2.63. The van der Waals surface area contributed by atoms with Crippen LogP contribution in [0, 0.1) is 11.5 Å². The molecule has 9 heavy (non-hydrogen) atoms. The first-order chi connectivity index (χ1) is 4.24. The molecule has 0 saturated heterocycles. The molecule has 0 spiro atoms. The fraction of sp³-hybridized carbons (Fsp3) is 0.400. The second-order valence-corrected chi connectivity index (χ2v) is 1.85. The minimum atomic E-state index is 0.221. The fourth-order valence-corrected chi connectivity index (χ4v) is 0.697. The van der Waals surface area contributed by atoms with Crippen molar-refractivity contribution in [2.75, 3.05) is 13.6 Å². The summed E-state index contributed by atoms with van der Waals surface area (Å²) in [6.07, 6.45) is 3.39. The van der Waals surface area contributed by atoms with Gasteiger partial charge in [0.1, 0.15) is 12.3 Å². The van der Waals surface area contributed by atoms with E-state index in [1.165, 1.54) is 16.2 Å². The zero-order valence-corrected chi connectivity index (χ0v) is 5.07. The molecule has 0 aromatic heterocycles. The van der Waals surface area contributed by atoms with Gasteiger partial charge in [0.2, 0.25) is 0 Å². The van der Waals surface area contributed by atoms with Gasteiger partial charge in [-0.25, -0.2) is 5.01 Å². The maximum atomic E-state index is 8.83. The Morgan fingerprint density at radius 1 is 1.89 bits per heavy atom. The molecule has 4 nitrogen and oxygen atoms in total. The minimum absolute atomic E-state index is 0.221. The molecule has 0 bridgehead atoms. The lowest BCUT2D eigenvalue weighted by Crippen LogP contribution is -2.26. The first kappa shape index (κ1) is 5.76. The van der Waals surface area contributed by atoms with E-state index in [9.17, 15) is 0 Å². The Morgan fingerprint density at radius 3 is 2.78 bits per heavy atom. The Labute approximate surface area is 53.2 Å². The van der Waals surface area contributed by atoms with Crippen LogP contribution in [-0.2, 0) is 0 Å². The normalized spacial score (nSPS) is 17.6. The molecule has 1 aliphatic rings. The molecule has 0 aromatic carbocycles. The average molecular weight is 125 g/mol. The third kappa shape index (κ3) is 0.891. The van der Waals surface area contributed by atoms with E-state index in [1.807, 2.05) is 6.19 Å². The van der Waals surface area contributed by atoms with Crippen LogP contribution in [-0.4, -0.2) is 28.7 Å². The van der Waals surface area contributed by atoms with E-state index in [4.69, 9.17) is 10.4 Å². The van der Waals surface area contributed by atoms with Crippen molar-refractivity contribution >= 4 is 0 Å². The van der Waals surface area contributed by atoms with Crippen molar-refractivity contribution in [3.8, 4) is 6.19 Å². The molecular formula is C5H7N3O. The van der Waals surface area contributed by atoms with Crippen LogP contribution in [0.3, 0.4) is 0 Å². The van der Waals surface area contributed by atoms with Crippen LogP contribution >= 0.6 is 0 Å². The molecule has 0 unspecified atom stereocenters. The molecule has 1 N–H and O–H groups in total. The van der Waals surface area contributed by atoms with Crippen molar-refractivity contribution in [3.05, 3.63) is 12.0 Å². The summed E-state index contributed by atoms with van der Waals surface area (Å²) in [5.74, 6) is 0.221. The van der Waals surface area contributed by atoms with Crippen LogP contribution in [0.2, 0.25) is 0 Å². The number of aliphatic hydroxyl groups excluding tert-OH is 1. The SMILES string of the molecule is CN1C=C(O)CN1C#N. The summed E-state index contributed by atoms with van der Waals surface area (Å²) in [4.78, 5) is 0. The number of rotatable bonds is 0. The molecule has 0 aromatic rings. The smallest absolute Gasteiger partial charge is 0.200 e. The van der Waals surface area contributed by atoms with Gasteiger partial charge in [-0.3, -0.25) is 5.01 Å². The molecule has 48 valence electrons. The van der Waals surface area contributed by atoms with E-state index < -0.39 is 0 Å². The summed E-state index contributed by atoms with van der Waals surface area (Å²) in [6.45, 7) is 0.299. The highest BCUT2D eigenvalue weighted by Crippen LogP contribution is 2.07. The van der Waals surface area contributed by atoms with Crippen LogP contribution in [0.15, 0.2) is 12.0 Å². The first-order valence-corrected chi connectivity index (χ1v) is 2.53. The van der Waals surface area contributed by atoms with Gasteiger partial charge in [-0.05, 0) is 0 Å². The van der Waals surface area contributed by atoms with Crippen molar-refractivity contribution in [1.29, 1.82) is 5.26 Å². The van der Waals surface area contributed by atoms with Gasteiger partial charge in [0.15, 0.2) is 6.19 Å². The summed E-state index contributed by atoms with van der Waals surface area (Å²) in [7, 11) is 1.70. The lowest BCUT2D eigenvalue weighted by atomic mass is 10.6. The standard InChI is InChI=1S/C5H7N3O/c1-7-2-5(9)3-8(7)4-6/h2,9H,3H2,1H3. The van der Waals surface area contributed by atoms with Crippen molar-refractivity contribution in [2.24, 2.45) is 0 Å². The predicted molar refractivity (Wildman–Crippen MR) is 30.8 cm³/mol. The van der Waals surface area contributed by atoms with Gasteiger partial charge in [0.05, 0.1) is 6.20 Å². The number of aliphatic hydroxyl groups is 1. The maximum absolute atomic E-state index is 8.83. The van der Waals surface area contributed by atoms with E-state index in [1.54, 1.807) is 7.05 Å². The van der Waals surface area contributed by atoms with E-state index >= 15 is 0 Å². The van der Waals surface area contributed by atoms with Crippen LogP contribution in [0.25, 0.3) is 0 Å². The van der Waals surface area contributed by atoms with Gasteiger partial charge in [0, 0.05) is 7.05 Å². The third-order valence-electron chi connectivity index (χ3n) is 1.14. The highest BCUT2D eigenvalue weighted by molar-refractivity contribution is 5.01. The molecule has 0 atom stereocenters. The Bertz CT molecular complexity index is 181. The van der Waals surface area contributed by atoms with Gasteiger partial charge >= 0.3 is 0 Å². The summed E-state index contributed by atoms with van der Waals surface area (Å²) in [6, 6.07) is 0. The zero-order chi connectivity index (χ0) is 6.85. The van der Waals surface area contributed by atoms with Crippen molar-refractivity contribution < 1.29 is 5.11 Å². The van der Waals surface area contributed by atoms with E-state index in [0.29, 0.717) is 6.54 Å². The van der Waals surface area contributed by atoms with Crippen molar-refractivity contribution in [1.82, 2.24) is 10.0 Å². The van der Waals surface area contributed by atoms with Crippen LogP contribution in [0.1, 0.15) is 0 Å². The van der Waals surface area contributed by atoms with Gasteiger partial charge in [-0.15, -0.1) is 0 Å². The molecule has 0 aliphatic carbocycles. The van der Waals surface area contributed by atoms with Gasteiger partial charge in [0.25, 0.3) is 0 Å². The molecular weight excluding hydrogens is 118 g/mol. The van der Waals surface area contributed by atoms with E-state index in [2.05, 4.69) is 0 Å². The Morgan fingerprint density at radius 2 is 2.56 bits per heavy atom. The second kappa shape index (κ2) is 1.86. The van der Waals surface area contributed by atoms with Gasteiger partial charge in [-0.1, -0.05) is 0 Å². The second-order valence-electron chi connectivity index (χ2n) is 1.85. The summed E-state index contributed by atoms with van der Waals surface area (Å²) in [5.41, 5.74) is 0. The first-order valence-electron chi connectivity index (χ1n) is 2.53. The van der Waals surface area contributed by atoms with Crippen LogP contribution < -0.4 is 0 Å². The molecule has 0 radical (unpaired) electrons. The summed E-state index contributed by atoms with van der Waals surface area (Å²) in [5, 5.41) is 20.1. The fourth-order valence-electron chi connectivity index (χ4n) is 0.697. The molecule has 0 fully saturated rings. The number of nitrogens with zero attached hydrogens (tertiary/aromatic N) is 3. The zero-order valence-electron chi connectivity index (χ0n) is 5.07. The summed E-state index contributed by atoms with van der Waals surface area (Å²) < 4.78 is 0. The highest BCUT2D eigenvalue weighted by Gasteiger charge is 2.15. The monoisotopic (exact) mass is 125 g/mol. The van der Waals surface area contributed by atoms with Crippen molar-refractivity contribution in [3.63, 3.8) is 0 Å². The molecule has 0 amide bonds. The average Bonchev–Trinajstić information content (AvgIpc) is 2.10. The highest BCUT2D eigenvalue weighted by atomic mass is 16.3. The summed E-state index contributed by atoms with van der Waals surface area (Å²) >= 11 is 0. The number of hydrazine groups is 1. The topological polar surface area (TPSA) is 50.5 Å². The van der Waals surface area contributed by atoms with E-state index in [-0.39, 0.29) is 5.76 Å². The lowest BCUT2D eigenvalue weighted by molar-refractivity contribution is 0.153. The molecule has 1 heterocycles. The maximum Gasteiger partial charge on any atom is 0.200 e. The largest absolute Gasteiger partial charge is 0.509 e. The number of hydrogen-bond acceptors (Lipinski definition) is 4. The predicted octanol–water partition coefficient (Wildman–Crippen LogP) is 0.0293. The minimum Gasteiger partial charge on any atom is -0.509 e. The Hall–Kier alpha value is -1.37. The van der Waals surface area contributed by atoms with E-state index in [0.717, 1.165) is 0 Å². The van der Waals surface area contributed by atoms with Crippen molar-refractivity contribution in [2.45, 2.75) is 0 Å².